The van der Waals surface area contributed by atoms with Gasteiger partial charge in [-0.05, 0) is 50.6 Å². The third-order valence-electron chi connectivity index (χ3n) is 3.86. The zero-order valence-electron chi connectivity index (χ0n) is 12.2. The van der Waals surface area contributed by atoms with Crippen molar-refractivity contribution in [1.29, 1.82) is 0 Å². The Labute approximate surface area is 112 Å². The van der Waals surface area contributed by atoms with Gasteiger partial charge >= 0.3 is 0 Å². The smallest absolute Gasteiger partial charge is 0.0489 e. The number of nitrogens with zero attached hydrogens (tertiary/aromatic N) is 1. The molecule has 1 saturated carbocycles. The highest BCUT2D eigenvalue weighted by Crippen LogP contribution is 2.21. The summed E-state index contributed by atoms with van der Waals surface area (Å²) in [6.45, 7) is 11.3. The lowest BCUT2D eigenvalue weighted by molar-refractivity contribution is 0.101. The lowest BCUT2D eigenvalue weighted by Gasteiger charge is -2.16. The van der Waals surface area contributed by atoms with Gasteiger partial charge in [0, 0.05) is 32.3 Å². The lowest BCUT2D eigenvalue weighted by atomic mass is 10.1. The van der Waals surface area contributed by atoms with E-state index in [2.05, 4.69) is 24.1 Å². The van der Waals surface area contributed by atoms with Gasteiger partial charge in [-0.2, -0.15) is 0 Å². The van der Waals surface area contributed by atoms with Gasteiger partial charge in [0.15, 0.2) is 0 Å². The maximum absolute atomic E-state index is 5.63. The molecule has 0 aromatic carbocycles. The number of ether oxygens (including phenoxy) is 1. The zero-order chi connectivity index (χ0) is 12.8. The Bertz CT molecular complexity index is 229. The second kappa shape index (κ2) is 7.46. The topological polar surface area (TPSA) is 24.5 Å². The molecule has 3 heteroatoms. The predicted octanol–water partition coefficient (Wildman–Crippen LogP) is 2.12. The van der Waals surface area contributed by atoms with E-state index in [-0.39, 0.29) is 0 Å². The highest BCUT2D eigenvalue weighted by Gasteiger charge is 2.25. The zero-order valence-corrected chi connectivity index (χ0v) is 12.2. The third kappa shape index (κ3) is 5.68. The van der Waals surface area contributed by atoms with E-state index in [0.29, 0.717) is 5.92 Å². The third-order valence-corrected chi connectivity index (χ3v) is 3.86. The monoisotopic (exact) mass is 254 g/mol. The second-order valence-electron chi connectivity index (χ2n) is 6.46. The van der Waals surface area contributed by atoms with Crippen molar-refractivity contribution in [2.24, 2.45) is 11.8 Å². The van der Waals surface area contributed by atoms with Crippen LogP contribution in [0.4, 0.5) is 0 Å². The number of rotatable bonds is 9. The first-order chi connectivity index (χ1) is 8.74. The first-order valence-electron chi connectivity index (χ1n) is 7.77. The summed E-state index contributed by atoms with van der Waals surface area (Å²) in [6, 6.07) is 0.864. The SMILES string of the molecule is CC(C)COCCCN1CCC(CNC2CC2)C1. The molecule has 106 valence electrons. The molecule has 0 bridgehead atoms. The molecule has 1 unspecified atom stereocenters. The number of nitrogens with one attached hydrogen (secondary N) is 1. The molecular weight excluding hydrogens is 224 g/mol. The number of hydrogen-bond donors (Lipinski definition) is 1. The normalized spacial score (nSPS) is 25.2. The molecule has 0 spiro atoms. The van der Waals surface area contributed by atoms with Crippen LogP contribution in [0.25, 0.3) is 0 Å². The Kier molecular flexibility index (Phi) is 5.93. The fourth-order valence-corrected chi connectivity index (χ4v) is 2.61. The van der Waals surface area contributed by atoms with E-state index in [9.17, 15) is 0 Å². The number of likely N-dealkylation sites (tertiary alicyclic amines) is 1. The molecule has 0 aromatic heterocycles. The predicted molar refractivity (Wildman–Crippen MR) is 75.8 cm³/mol. The fraction of sp³-hybridized carbons (Fsp3) is 1.00. The molecule has 1 aliphatic heterocycles. The molecule has 2 rings (SSSR count). The van der Waals surface area contributed by atoms with E-state index in [4.69, 9.17) is 4.74 Å². The molecule has 1 atom stereocenters. The largest absolute Gasteiger partial charge is 0.381 e. The maximum Gasteiger partial charge on any atom is 0.0489 e. The molecule has 1 heterocycles. The first kappa shape index (κ1) is 14.3. The van der Waals surface area contributed by atoms with Gasteiger partial charge in [-0.15, -0.1) is 0 Å². The van der Waals surface area contributed by atoms with Gasteiger partial charge in [0.25, 0.3) is 0 Å². The van der Waals surface area contributed by atoms with Gasteiger partial charge < -0.3 is 15.0 Å². The molecule has 0 amide bonds. The van der Waals surface area contributed by atoms with Gasteiger partial charge in [0.1, 0.15) is 0 Å². The van der Waals surface area contributed by atoms with Crippen molar-refractivity contribution in [3.63, 3.8) is 0 Å². The van der Waals surface area contributed by atoms with Crippen LogP contribution in [-0.4, -0.2) is 50.3 Å². The van der Waals surface area contributed by atoms with Gasteiger partial charge in [0.2, 0.25) is 0 Å². The van der Waals surface area contributed by atoms with Crippen LogP contribution < -0.4 is 5.32 Å². The second-order valence-corrected chi connectivity index (χ2v) is 6.46. The minimum atomic E-state index is 0.662. The van der Waals surface area contributed by atoms with Crippen LogP contribution in [0.5, 0.6) is 0 Å². The summed E-state index contributed by atoms with van der Waals surface area (Å²) in [5.41, 5.74) is 0. The number of hydrogen-bond acceptors (Lipinski definition) is 3. The first-order valence-corrected chi connectivity index (χ1v) is 7.77. The van der Waals surface area contributed by atoms with Gasteiger partial charge in [-0.3, -0.25) is 0 Å². The van der Waals surface area contributed by atoms with Gasteiger partial charge in [0.05, 0.1) is 0 Å². The molecule has 2 aliphatic rings. The van der Waals surface area contributed by atoms with Crippen molar-refractivity contribution in [3.8, 4) is 0 Å². The summed E-state index contributed by atoms with van der Waals surface area (Å²) in [4.78, 5) is 2.61. The molecule has 0 radical (unpaired) electrons. The minimum absolute atomic E-state index is 0.662. The summed E-state index contributed by atoms with van der Waals surface area (Å²) < 4.78 is 5.63. The summed E-state index contributed by atoms with van der Waals surface area (Å²) in [6.07, 6.45) is 5.38. The standard InChI is InChI=1S/C15H30N2O/c1-13(2)12-18-9-3-7-17-8-6-14(11-17)10-16-15-4-5-15/h13-16H,3-12H2,1-2H3. The molecule has 3 nitrogen and oxygen atoms in total. The Morgan fingerprint density at radius 3 is 2.83 bits per heavy atom. The van der Waals surface area contributed by atoms with Crippen LogP contribution in [0, 0.1) is 11.8 Å². The summed E-state index contributed by atoms with van der Waals surface area (Å²) in [5.74, 6) is 1.55. The van der Waals surface area contributed by atoms with E-state index in [1.54, 1.807) is 0 Å². The molecule has 1 aliphatic carbocycles. The van der Waals surface area contributed by atoms with E-state index in [1.807, 2.05) is 0 Å². The van der Waals surface area contributed by atoms with Crippen LogP contribution in [0.1, 0.15) is 39.5 Å². The van der Waals surface area contributed by atoms with Crippen molar-refractivity contribution in [2.45, 2.75) is 45.6 Å². The Balaban J connectivity index is 1.44. The highest BCUT2D eigenvalue weighted by atomic mass is 16.5. The van der Waals surface area contributed by atoms with E-state index < -0.39 is 0 Å². The fourth-order valence-electron chi connectivity index (χ4n) is 2.61. The lowest BCUT2D eigenvalue weighted by Crippen LogP contribution is -2.28. The van der Waals surface area contributed by atoms with Crippen molar-refractivity contribution < 1.29 is 4.74 Å². The molecule has 0 aromatic rings. The summed E-state index contributed by atoms with van der Waals surface area (Å²) in [5, 5.41) is 3.66. The van der Waals surface area contributed by atoms with E-state index >= 15 is 0 Å². The maximum atomic E-state index is 5.63. The Hall–Kier alpha value is -0.120. The van der Waals surface area contributed by atoms with E-state index in [0.717, 1.165) is 25.2 Å². The summed E-state index contributed by atoms with van der Waals surface area (Å²) in [7, 11) is 0. The van der Waals surface area contributed by atoms with Crippen molar-refractivity contribution in [1.82, 2.24) is 10.2 Å². The highest BCUT2D eigenvalue weighted by molar-refractivity contribution is 4.84. The quantitative estimate of drug-likeness (QED) is 0.638. The molecule has 18 heavy (non-hydrogen) atoms. The average Bonchev–Trinajstić information content (AvgIpc) is 3.06. The molecule has 1 N–H and O–H groups in total. The van der Waals surface area contributed by atoms with Crippen molar-refractivity contribution in [2.75, 3.05) is 39.4 Å². The minimum Gasteiger partial charge on any atom is -0.381 e. The van der Waals surface area contributed by atoms with Crippen LogP contribution in [0.2, 0.25) is 0 Å². The molecule has 2 fully saturated rings. The molecule has 1 saturated heterocycles. The Morgan fingerprint density at radius 2 is 2.11 bits per heavy atom. The Morgan fingerprint density at radius 1 is 1.28 bits per heavy atom. The van der Waals surface area contributed by atoms with Crippen LogP contribution in [-0.2, 0) is 4.74 Å². The van der Waals surface area contributed by atoms with Crippen LogP contribution in [0.3, 0.4) is 0 Å². The van der Waals surface area contributed by atoms with Crippen molar-refractivity contribution >= 4 is 0 Å². The average molecular weight is 254 g/mol. The van der Waals surface area contributed by atoms with Gasteiger partial charge in [-0.25, -0.2) is 0 Å². The van der Waals surface area contributed by atoms with E-state index in [1.165, 1.54) is 51.9 Å². The van der Waals surface area contributed by atoms with Crippen molar-refractivity contribution in [3.05, 3.63) is 0 Å². The summed E-state index contributed by atoms with van der Waals surface area (Å²) >= 11 is 0. The van der Waals surface area contributed by atoms with Gasteiger partial charge in [-0.1, -0.05) is 13.8 Å². The van der Waals surface area contributed by atoms with Crippen LogP contribution in [0.15, 0.2) is 0 Å². The van der Waals surface area contributed by atoms with Crippen LogP contribution >= 0.6 is 0 Å². The molecular formula is C15H30N2O.